The van der Waals surface area contributed by atoms with Gasteiger partial charge in [-0.25, -0.2) is 4.98 Å². The van der Waals surface area contributed by atoms with Crippen LogP contribution >= 0.6 is 0 Å². The number of hydrogen-bond donors (Lipinski definition) is 1. The Morgan fingerprint density at radius 3 is 2.76 bits per heavy atom. The summed E-state index contributed by atoms with van der Waals surface area (Å²) in [5, 5.41) is 7.84. The van der Waals surface area contributed by atoms with Crippen LogP contribution in [-0.2, 0) is 13.0 Å². The Balaban J connectivity index is 1.87. The second-order valence-corrected chi connectivity index (χ2v) is 5.81. The first-order valence-electron chi connectivity index (χ1n) is 8.11. The van der Waals surface area contributed by atoms with Crippen molar-refractivity contribution in [3.8, 4) is 5.75 Å². The number of fused-ring (bicyclic) bond motifs is 1. The summed E-state index contributed by atoms with van der Waals surface area (Å²) < 4.78 is 30.9. The Bertz CT molecular complexity index is 892. The SMILES string of the molecule is CCc1cc(NCc2cccc(OC(F)F)c2)n2nc(C)c(C)c2n1. The molecule has 0 bridgehead atoms. The zero-order chi connectivity index (χ0) is 18.0. The summed E-state index contributed by atoms with van der Waals surface area (Å²) >= 11 is 0. The van der Waals surface area contributed by atoms with Crippen LogP contribution in [0.15, 0.2) is 30.3 Å². The van der Waals surface area contributed by atoms with E-state index < -0.39 is 6.61 Å². The molecule has 0 aliphatic heterocycles. The zero-order valence-electron chi connectivity index (χ0n) is 14.4. The maximum Gasteiger partial charge on any atom is 0.387 e. The zero-order valence-corrected chi connectivity index (χ0v) is 14.4. The van der Waals surface area contributed by atoms with Crippen LogP contribution in [0, 0.1) is 13.8 Å². The quantitative estimate of drug-likeness (QED) is 0.729. The number of rotatable bonds is 6. The molecule has 0 atom stereocenters. The average Bonchev–Trinajstić information content (AvgIpc) is 2.87. The number of nitrogens with one attached hydrogen (secondary N) is 1. The minimum Gasteiger partial charge on any atom is -0.435 e. The Morgan fingerprint density at radius 2 is 2.04 bits per heavy atom. The predicted molar refractivity (Wildman–Crippen MR) is 92.2 cm³/mol. The van der Waals surface area contributed by atoms with Gasteiger partial charge < -0.3 is 10.1 Å². The summed E-state index contributed by atoms with van der Waals surface area (Å²) in [5.41, 5.74) is 4.60. The van der Waals surface area contributed by atoms with Gasteiger partial charge in [-0.1, -0.05) is 19.1 Å². The molecule has 3 aromatic rings. The van der Waals surface area contributed by atoms with E-state index >= 15 is 0 Å². The van der Waals surface area contributed by atoms with E-state index in [9.17, 15) is 8.78 Å². The van der Waals surface area contributed by atoms with Crippen molar-refractivity contribution in [1.29, 1.82) is 0 Å². The second kappa shape index (κ2) is 7.04. The van der Waals surface area contributed by atoms with Crippen LogP contribution in [0.4, 0.5) is 14.6 Å². The Hall–Kier alpha value is -2.70. The second-order valence-electron chi connectivity index (χ2n) is 5.81. The van der Waals surface area contributed by atoms with Crippen molar-refractivity contribution in [2.45, 2.75) is 40.3 Å². The number of halogens is 2. The summed E-state index contributed by atoms with van der Waals surface area (Å²) in [6.07, 6.45) is 0.812. The lowest BCUT2D eigenvalue weighted by atomic mass is 10.2. The molecule has 0 saturated heterocycles. The maximum atomic E-state index is 12.3. The fourth-order valence-electron chi connectivity index (χ4n) is 2.61. The van der Waals surface area contributed by atoms with Gasteiger partial charge in [0.05, 0.1) is 5.69 Å². The summed E-state index contributed by atoms with van der Waals surface area (Å²) in [6, 6.07) is 8.60. The third kappa shape index (κ3) is 3.70. The third-order valence-electron chi connectivity index (χ3n) is 4.07. The van der Waals surface area contributed by atoms with Gasteiger partial charge in [0.1, 0.15) is 11.6 Å². The first kappa shape index (κ1) is 17.1. The molecule has 5 nitrogen and oxygen atoms in total. The van der Waals surface area contributed by atoms with Gasteiger partial charge in [0.2, 0.25) is 0 Å². The monoisotopic (exact) mass is 346 g/mol. The fraction of sp³-hybridized carbons (Fsp3) is 0.333. The molecule has 0 aliphatic rings. The van der Waals surface area contributed by atoms with Crippen LogP contribution in [-0.4, -0.2) is 21.2 Å². The molecule has 0 saturated carbocycles. The molecule has 3 rings (SSSR count). The van der Waals surface area contributed by atoms with Crippen molar-refractivity contribution in [3.63, 3.8) is 0 Å². The smallest absolute Gasteiger partial charge is 0.387 e. The highest BCUT2D eigenvalue weighted by Gasteiger charge is 2.12. The van der Waals surface area contributed by atoms with Crippen molar-refractivity contribution < 1.29 is 13.5 Å². The van der Waals surface area contributed by atoms with E-state index in [1.807, 2.05) is 32.9 Å². The van der Waals surface area contributed by atoms with E-state index in [-0.39, 0.29) is 5.75 Å². The highest BCUT2D eigenvalue weighted by molar-refractivity contribution is 5.56. The minimum absolute atomic E-state index is 0.147. The molecule has 1 aromatic carbocycles. The number of ether oxygens (including phenoxy) is 1. The van der Waals surface area contributed by atoms with Crippen LogP contribution < -0.4 is 10.1 Å². The van der Waals surface area contributed by atoms with Gasteiger partial charge in [-0.2, -0.15) is 18.4 Å². The van der Waals surface area contributed by atoms with Gasteiger partial charge in [-0.05, 0) is 38.0 Å². The molecular weight excluding hydrogens is 326 g/mol. The number of nitrogens with zero attached hydrogens (tertiary/aromatic N) is 3. The number of anilines is 1. The third-order valence-corrected chi connectivity index (χ3v) is 4.07. The Labute approximate surface area is 144 Å². The van der Waals surface area contributed by atoms with Crippen molar-refractivity contribution in [2.24, 2.45) is 0 Å². The molecule has 1 N–H and O–H groups in total. The van der Waals surface area contributed by atoms with Gasteiger partial charge in [0.25, 0.3) is 0 Å². The van der Waals surface area contributed by atoms with E-state index in [0.29, 0.717) is 6.54 Å². The molecular formula is C18H20F2N4O. The summed E-state index contributed by atoms with van der Waals surface area (Å²) in [5.74, 6) is 0.965. The topological polar surface area (TPSA) is 51.5 Å². The van der Waals surface area contributed by atoms with Crippen LogP contribution in [0.5, 0.6) is 5.75 Å². The molecule has 7 heteroatoms. The standard InChI is InChI=1S/C18H20F2N4O/c1-4-14-9-16(24-17(22-14)11(2)12(3)23-24)21-10-13-6-5-7-15(8-13)25-18(19)20/h5-9,18,21H,4,10H2,1-3H3. The van der Waals surface area contributed by atoms with Crippen LogP contribution in [0.25, 0.3) is 5.65 Å². The van der Waals surface area contributed by atoms with E-state index in [0.717, 1.165) is 40.4 Å². The molecule has 0 amide bonds. The normalized spacial score (nSPS) is 11.3. The van der Waals surface area contributed by atoms with Gasteiger partial charge >= 0.3 is 6.61 Å². The average molecular weight is 346 g/mol. The molecule has 0 radical (unpaired) electrons. The lowest BCUT2D eigenvalue weighted by Crippen LogP contribution is -2.08. The maximum absolute atomic E-state index is 12.3. The summed E-state index contributed by atoms with van der Waals surface area (Å²) in [7, 11) is 0. The number of hydrogen-bond acceptors (Lipinski definition) is 4. The number of aryl methyl sites for hydroxylation is 3. The Morgan fingerprint density at radius 1 is 1.24 bits per heavy atom. The molecule has 0 fully saturated rings. The molecule has 2 aromatic heterocycles. The van der Waals surface area contributed by atoms with E-state index in [1.165, 1.54) is 6.07 Å². The van der Waals surface area contributed by atoms with E-state index in [4.69, 9.17) is 0 Å². The van der Waals surface area contributed by atoms with Crippen molar-refractivity contribution in [3.05, 3.63) is 52.8 Å². The van der Waals surface area contributed by atoms with Crippen LogP contribution in [0.3, 0.4) is 0 Å². The summed E-state index contributed by atoms with van der Waals surface area (Å²) in [6.45, 7) is 3.63. The largest absolute Gasteiger partial charge is 0.435 e. The lowest BCUT2D eigenvalue weighted by Gasteiger charge is -2.11. The first-order valence-corrected chi connectivity index (χ1v) is 8.11. The first-order chi connectivity index (χ1) is 12.0. The lowest BCUT2D eigenvalue weighted by molar-refractivity contribution is -0.0498. The van der Waals surface area contributed by atoms with Gasteiger partial charge in [0, 0.05) is 23.9 Å². The molecule has 25 heavy (non-hydrogen) atoms. The van der Waals surface area contributed by atoms with Gasteiger partial charge in [0.15, 0.2) is 5.65 Å². The molecule has 0 spiro atoms. The number of benzene rings is 1. The van der Waals surface area contributed by atoms with Crippen molar-refractivity contribution in [2.75, 3.05) is 5.32 Å². The van der Waals surface area contributed by atoms with Crippen LogP contribution in [0.2, 0.25) is 0 Å². The van der Waals surface area contributed by atoms with Crippen LogP contribution in [0.1, 0.15) is 29.4 Å². The predicted octanol–water partition coefficient (Wildman–Crippen LogP) is 4.12. The molecule has 2 heterocycles. The summed E-state index contributed by atoms with van der Waals surface area (Å²) in [4.78, 5) is 4.63. The highest BCUT2D eigenvalue weighted by atomic mass is 19.3. The van der Waals surface area contributed by atoms with Gasteiger partial charge in [-0.15, -0.1) is 0 Å². The number of alkyl halides is 2. The van der Waals surface area contributed by atoms with E-state index in [1.54, 1.807) is 16.6 Å². The van der Waals surface area contributed by atoms with E-state index in [2.05, 4.69) is 20.1 Å². The minimum atomic E-state index is -2.83. The van der Waals surface area contributed by atoms with Crippen molar-refractivity contribution >= 4 is 11.5 Å². The highest BCUT2D eigenvalue weighted by Crippen LogP contribution is 2.21. The number of aromatic nitrogens is 3. The fourth-order valence-corrected chi connectivity index (χ4v) is 2.61. The van der Waals surface area contributed by atoms with Gasteiger partial charge in [-0.3, -0.25) is 0 Å². The molecule has 0 aliphatic carbocycles. The molecule has 0 unspecified atom stereocenters. The van der Waals surface area contributed by atoms with Crippen molar-refractivity contribution in [1.82, 2.24) is 14.6 Å². The Kier molecular flexibility index (Phi) is 4.83. The molecule has 132 valence electrons.